The van der Waals surface area contributed by atoms with E-state index in [1.54, 1.807) is 6.26 Å². The van der Waals surface area contributed by atoms with Gasteiger partial charge in [-0.25, -0.2) is 4.79 Å². The maximum atomic E-state index is 12.0. The van der Waals surface area contributed by atoms with E-state index in [2.05, 4.69) is 10.6 Å². The van der Waals surface area contributed by atoms with Crippen molar-refractivity contribution in [2.45, 2.75) is 25.6 Å². The second-order valence-corrected chi connectivity index (χ2v) is 5.69. The minimum atomic E-state index is -1.15. The van der Waals surface area contributed by atoms with Crippen LogP contribution < -0.4 is 10.6 Å². The maximum absolute atomic E-state index is 12.0. The molecule has 126 valence electrons. The van der Waals surface area contributed by atoms with Gasteiger partial charge in [-0.1, -0.05) is 30.3 Å². The first-order chi connectivity index (χ1) is 10.9. The molecule has 0 fully saturated rings. The van der Waals surface area contributed by atoms with Gasteiger partial charge in [-0.15, -0.1) is 0 Å². The number of carboxylic acids is 1. The number of ether oxygens (including phenoxy) is 1. The lowest BCUT2D eigenvalue weighted by atomic mass is 10.2. The van der Waals surface area contributed by atoms with Crippen molar-refractivity contribution < 1.29 is 24.2 Å². The average molecular weight is 340 g/mol. The van der Waals surface area contributed by atoms with Crippen LogP contribution in [-0.4, -0.2) is 47.2 Å². The maximum Gasteiger partial charge on any atom is 0.408 e. The van der Waals surface area contributed by atoms with E-state index in [1.807, 2.05) is 30.3 Å². The van der Waals surface area contributed by atoms with Crippen LogP contribution >= 0.6 is 11.8 Å². The van der Waals surface area contributed by atoms with E-state index in [-0.39, 0.29) is 6.61 Å². The highest BCUT2D eigenvalue weighted by molar-refractivity contribution is 7.98. The summed E-state index contributed by atoms with van der Waals surface area (Å²) in [5.74, 6) is -1.41. The van der Waals surface area contributed by atoms with Crippen molar-refractivity contribution in [3.63, 3.8) is 0 Å². The van der Waals surface area contributed by atoms with Crippen molar-refractivity contribution in [1.29, 1.82) is 0 Å². The Morgan fingerprint density at radius 1 is 1.22 bits per heavy atom. The zero-order chi connectivity index (χ0) is 17.2. The lowest BCUT2D eigenvalue weighted by molar-refractivity contribution is -0.141. The summed E-state index contributed by atoms with van der Waals surface area (Å²) in [7, 11) is 0. The molecule has 0 spiro atoms. The highest BCUT2D eigenvalue weighted by atomic mass is 32.2. The molecule has 1 aromatic rings. The van der Waals surface area contributed by atoms with Gasteiger partial charge in [0.25, 0.3) is 0 Å². The number of alkyl carbamates (subject to hydrolysis) is 1. The second kappa shape index (κ2) is 9.73. The zero-order valence-electron chi connectivity index (χ0n) is 12.9. The lowest BCUT2D eigenvalue weighted by Crippen LogP contribution is -2.52. The van der Waals surface area contributed by atoms with Crippen LogP contribution in [0.4, 0.5) is 4.79 Å². The normalized spacial score (nSPS) is 12.8. The Bertz CT molecular complexity index is 538. The van der Waals surface area contributed by atoms with E-state index < -0.39 is 30.1 Å². The highest BCUT2D eigenvalue weighted by Crippen LogP contribution is 2.03. The van der Waals surface area contributed by atoms with Crippen LogP contribution in [0.15, 0.2) is 30.3 Å². The van der Waals surface area contributed by atoms with Gasteiger partial charge in [-0.2, -0.15) is 11.8 Å². The van der Waals surface area contributed by atoms with Crippen LogP contribution in [0, 0.1) is 0 Å². The smallest absolute Gasteiger partial charge is 0.408 e. The van der Waals surface area contributed by atoms with Crippen molar-refractivity contribution in [2.75, 3.05) is 12.0 Å². The second-order valence-electron chi connectivity index (χ2n) is 4.78. The average Bonchev–Trinajstić information content (AvgIpc) is 2.53. The van der Waals surface area contributed by atoms with E-state index >= 15 is 0 Å². The summed E-state index contributed by atoms with van der Waals surface area (Å²) in [5, 5.41) is 13.6. The van der Waals surface area contributed by atoms with Gasteiger partial charge < -0.3 is 20.5 Å². The Morgan fingerprint density at radius 3 is 2.43 bits per heavy atom. The molecule has 8 heteroatoms. The summed E-state index contributed by atoms with van der Waals surface area (Å²) in [6.45, 7) is 1.44. The molecule has 2 atom stereocenters. The summed E-state index contributed by atoms with van der Waals surface area (Å²) < 4.78 is 5.05. The molecule has 0 heterocycles. The minimum absolute atomic E-state index is 0.0891. The van der Waals surface area contributed by atoms with Crippen molar-refractivity contribution in [2.24, 2.45) is 0 Å². The molecule has 23 heavy (non-hydrogen) atoms. The molecule has 0 radical (unpaired) electrons. The fourth-order valence-corrected chi connectivity index (χ4v) is 2.20. The van der Waals surface area contributed by atoms with Crippen LogP contribution in [0.3, 0.4) is 0 Å². The number of benzene rings is 1. The van der Waals surface area contributed by atoms with Crippen LogP contribution in [0.25, 0.3) is 0 Å². The van der Waals surface area contributed by atoms with E-state index in [4.69, 9.17) is 9.84 Å². The molecule has 7 nitrogen and oxygen atoms in total. The third-order valence-electron chi connectivity index (χ3n) is 2.88. The fourth-order valence-electron chi connectivity index (χ4n) is 1.63. The number of carbonyl (C=O) groups excluding carboxylic acids is 2. The van der Waals surface area contributed by atoms with Crippen LogP contribution in [0.1, 0.15) is 12.5 Å². The van der Waals surface area contributed by atoms with Gasteiger partial charge in [-0.3, -0.25) is 9.59 Å². The summed E-state index contributed by atoms with van der Waals surface area (Å²) in [6, 6.07) is 7.24. The van der Waals surface area contributed by atoms with Gasteiger partial charge in [0.1, 0.15) is 18.7 Å². The molecule has 2 amide bonds. The summed E-state index contributed by atoms with van der Waals surface area (Å²) in [5.41, 5.74) is 0.827. The van der Waals surface area contributed by atoms with E-state index in [1.165, 1.54) is 18.7 Å². The van der Waals surface area contributed by atoms with Gasteiger partial charge in [0, 0.05) is 5.75 Å². The summed E-state index contributed by atoms with van der Waals surface area (Å²) >= 11 is 1.35. The Kier molecular flexibility index (Phi) is 7.96. The molecular formula is C15H20N2O5S. The van der Waals surface area contributed by atoms with Gasteiger partial charge in [0.15, 0.2) is 0 Å². The summed E-state index contributed by atoms with van der Waals surface area (Å²) in [4.78, 5) is 34.6. The Morgan fingerprint density at radius 2 is 1.87 bits per heavy atom. The van der Waals surface area contributed by atoms with Crippen molar-refractivity contribution in [3.05, 3.63) is 35.9 Å². The number of hydrogen-bond donors (Lipinski definition) is 3. The van der Waals surface area contributed by atoms with Gasteiger partial charge in [0.2, 0.25) is 5.91 Å². The third kappa shape index (κ3) is 7.05. The van der Waals surface area contributed by atoms with Gasteiger partial charge in [-0.05, 0) is 18.7 Å². The molecule has 0 saturated heterocycles. The topological polar surface area (TPSA) is 105 Å². The third-order valence-corrected chi connectivity index (χ3v) is 3.55. The molecule has 1 rings (SSSR count). The van der Waals surface area contributed by atoms with Crippen LogP contribution in [0.2, 0.25) is 0 Å². The number of rotatable bonds is 8. The molecule has 0 saturated carbocycles. The number of amides is 2. The molecular weight excluding hydrogens is 320 g/mol. The molecule has 0 bridgehead atoms. The van der Waals surface area contributed by atoms with E-state index in [9.17, 15) is 14.4 Å². The number of nitrogens with one attached hydrogen (secondary N) is 2. The first kappa shape index (κ1) is 18.8. The van der Waals surface area contributed by atoms with Crippen molar-refractivity contribution in [3.8, 4) is 0 Å². The molecule has 0 aromatic heterocycles. The number of hydrogen-bond acceptors (Lipinski definition) is 5. The molecule has 2 unspecified atom stereocenters. The van der Waals surface area contributed by atoms with Gasteiger partial charge in [0.05, 0.1) is 0 Å². The predicted molar refractivity (Wildman–Crippen MR) is 87.2 cm³/mol. The SMILES string of the molecule is CSCC(NC(=O)OCc1ccccc1)C(=O)NC(C)C(=O)O. The largest absolute Gasteiger partial charge is 0.480 e. The number of aliphatic carboxylic acids is 1. The Hall–Kier alpha value is -2.22. The number of thioether (sulfide) groups is 1. The van der Waals surface area contributed by atoms with Crippen molar-refractivity contribution in [1.82, 2.24) is 10.6 Å². The highest BCUT2D eigenvalue weighted by Gasteiger charge is 2.24. The first-order valence-corrected chi connectivity index (χ1v) is 8.32. The van der Waals surface area contributed by atoms with Gasteiger partial charge >= 0.3 is 12.1 Å². The first-order valence-electron chi connectivity index (χ1n) is 6.93. The molecule has 3 N–H and O–H groups in total. The minimum Gasteiger partial charge on any atom is -0.480 e. The van der Waals surface area contributed by atoms with Crippen LogP contribution in [0.5, 0.6) is 0 Å². The summed E-state index contributed by atoms with van der Waals surface area (Å²) in [6.07, 6.45) is 1.05. The zero-order valence-corrected chi connectivity index (χ0v) is 13.8. The molecule has 1 aromatic carbocycles. The lowest BCUT2D eigenvalue weighted by Gasteiger charge is -2.19. The Labute approximate surface area is 138 Å². The quantitative estimate of drug-likeness (QED) is 0.657. The number of carboxylic acid groups (broad SMARTS) is 1. The van der Waals surface area contributed by atoms with Crippen LogP contribution in [-0.2, 0) is 20.9 Å². The number of carbonyl (C=O) groups is 3. The fraction of sp³-hybridized carbons (Fsp3) is 0.400. The van der Waals surface area contributed by atoms with E-state index in [0.29, 0.717) is 5.75 Å². The predicted octanol–water partition coefficient (Wildman–Crippen LogP) is 1.23. The Balaban J connectivity index is 2.52. The molecule has 0 aliphatic carbocycles. The standard InChI is InChI=1S/C15H20N2O5S/c1-10(14(19)20)16-13(18)12(9-23-2)17-15(21)22-8-11-6-4-3-5-7-11/h3-7,10,12H,8-9H2,1-2H3,(H,16,18)(H,17,21)(H,19,20). The van der Waals surface area contributed by atoms with Crippen molar-refractivity contribution >= 4 is 29.7 Å². The van der Waals surface area contributed by atoms with E-state index in [0.717, 1.165) is 5.56 Å². The molecule has 0 aliphatic heterocycles. The monoisotopic (exact) mass is 340 g/mol. The molecule has 0 aliphatic rings.